The Balaban J connectivity index is 2.09. The van der Waals surface area contributed by atoms with E-state index in [1.807, 2.05) is 0 Å². The van der Waals surface area contributed by atoms with E-state index in [-0.39, 0.29) is 5.60 Å². The molecular weight excluding hydrogens is 232 g/mol. The van der Waals surface area contributed by atoms with Gasteiger partial charge in [0, 0.05) is 50.8 Å². The van der Waals surface area contributed by atoms with Gasteiger partial charge in [-0.3, -0.25) is 0 Å². The summed E-state index contributed by atoms with van der Waals surface area (Å²) in [5.74, 6) is 2.60. The predicted octanol–water partition coefficient (Wildman–Crippen LogP) is 1.83. The Kier molecular flexibility index (Phi) is 6.85. The van der Waals surface area contributed by atoms with E-state index in [0.717, 1.165) is 13.0 Å². The van der Waals surface area contributed by atoms with Crippen LogP contribution in [0.4, 0.5) is 0 Å². The molecule has 3 nitrogen and oxygen atoms in total. The van der Waals surface area contributed by atoms with Crippen molar-refractivity contribution in [2.45, 2.75) is 38.8 Å². The number of nitrogens with one attached hydrogen (secondary N) is 1. The zero-order valence-electron chi connectivity index (χ0n) is 11.8. The van der Waals surface area contributed by atoms with Gasteiger partial charge in [-0.15, -0.1) is 0 Å². The minimum Gasteiger partial charge on any atom is -0.379 e. The van der Waals surface area contributed by atoms with Crippen molar-refractivity contribution in [3.05, 3.63) is 0 Å². The van der Waals surface area contributed by atoms with E-state index in [1.165, 1.54) is 31.1 Å². The van der Waals surface area contributed by atoms with E-state index in [9.17, 15) is 0 Å². The normalized spacial score (nSPS) is 20.5. The van der Waals surface area contributed by atoms with Crippen LogP contribution in [0, 0.1) is 0 Å². The third-order valence-electron chi connectivity index (χ3n) is 3.37. The fourth-order valence-electron chi connectivity index (χ4n) is 2.19. The zero-order chi connectivity index (χ0) is 12.7. The Hall–Kier alpha value is 0.230. The first-order chi connectivity index (χ1) is 8.03. The molecule has 0 spiro atoms. The quantitative estimate of drug-likeness (QED) is 0.755. The molecule has 1 aliphatic heterocycles. The third-order valence-corrected chi connectivity index (χ3v) is 4.32. The van der Waals surface area contributed by atoms with Crippen molar-refractivity contribution in [3.8, 4) is 0 Å². The molecule has 1 unspecified atom stereocenters. The molecule has 17 heavy (non-hydrogen) atoms. The number of methoxy groups -OCH3 is 1. The topological polar surface area (TPSA) is 24.5 Å². The fraction of sp³-hybridized carbons (Fsp3) is 1.00. The van der Waals surface area contributed by atoms with Crippen LogP contribution in [0.25, 0.3) is 0 Å². The second kappa shape index (κ2) is 7.62. The third kappa shape index (κ3) is 6.65. The first-order valence-corrected chi connectivity index (χ1v) is 7.77. The van der Waals surface area contributed by atoms with Crippen LogP contribution < -0.4 is 5.32 Å². The van der Waals surface area contributed by atoms with Gasteiger partial charge in [0.05, 0.1) is 5.60 Å². The van der Waals surface area contributed by atoms with Crippen molar-refractivity contribution in [1.29, 1.82) is 0 Å². The van der Waals surface area contributed by atoms with E-state index >= 15 is 0 Å². The van der Waals surface area contributed by atoms with Crippen LogP contribution in [-0.4, -0.2) is 61.3 Å². The average Bonchev–Trinajstić information content (AvgIpc) is 2.30. The molecule has 102 valence electrons. The van der Waals surface area contributed by atoms with Gasteiger partial charge in [0.25, 0.3) is 0 Å². The average molecular weight is 260 g/mol. The minimum absolute atomic E-state index is 0.0197. The lowest BCUT2D eigenvalue weighted by Gasteiger charge is -2.29. The summed E-state index contributed by atoms with van der Waals surface area (Å²) in [6.45, 7) is 11.3. The maximum absolute atomic E-state index is 5.45. The van der Waals surface area contributed by atoms with E-state index in [0.29, 0.717) is 6.04 Å². The molecule has 0 aliphatic carbocycles. The van der Waals surface area contributed by atoms with Crippen LogP contribution in [0.1, 0.15) is 27.2 Å². The Morgan fingerprint density at radius 1 is 1.35 bits per heavy atom. The van der Waals surface area contributed by atoms with Gasteiger partial charge >= 0.3 is 0 Å². The molecule has 0 amide bonds. The second-order valence-corrected chi connectivity index (χ2v) is 6.70. The van der Waals surface area contributed by atoms with Crippen molar-refractivity contribution < 1.29 is 4.74 Å². The van der Waals surface area contributed by atoms with Gasteiger partial charge in [-0.05, 0) is 27.2 Å². The summed E-state index contributed by atoms with van der Waals surface area (Å²) in [6.07, 6.45) is 1.05. The van der Waals surface area contributed by atoms with Crippen LogP contribution in [0.15, 0.2) is 0 Å². The Morgan fingerprint density at radius 3 is 2.59 bits per heavy atom. The Labute approximate surface area is 111 Å². The van der Waals surface area contributed by atoms with Crippen LogP contribution in [0.5, 0.6) is 0 Å². The highest BCUT2D eigenvalue weighted by Gasteiger charge is 2.19. The summed E-state index contributed by atoms with van der Waals surface area (Å²) in [6, 6.07) is 0.518. The van der Waals surface area contributed by atoms with Crippen molar-refractivity contribution in [2.75, 3.05) is 44.8 Å². The van der Waals surface area contributed by atoms with Crippen molar-refractivity contribution in [3.63, 3.8) is 0 Å². The highest BCUT2D eigenvalue weighted by Crippen LogP contribution is 2.15. The van der Waals surface area contributed by atoms with Gasteiger partial charge in [0.2, 0.25) is 0 Å². The smallest absolute Gasteiger partial charge is 0.0637 e. The molecule has 1 rings (SSSR count). The van der Waals surface area contributed by atoms with Crippen molar-refractivity contribution in [1.82, 2.24) is 10.2 Å². The molecule has 1 aliphatic rings. The SMILES string of the molecule is COC(C)(C)CC(C)NCCN1CCSCC1. The predicted molar refractivity (Wildman–Crippen MR) is 76.9 cm³/mol. The molecule has 1 atom stereocenters. The second-order valence-electron chi connectivity index (χ2n) is 5.48. The molecule has 0 saturated carbocycles. The summed E-state index contributed by atoms with van der Waals surface area (Å²) in [5.41, 5.74) is -0.0197. The van der Waals surface area contributed by atoms with Crippen LogP contribution >= 0.6 is 11.8 Å². The largest absolute Gasteiger partial charge is 0.379 e. The molecule has 1 heterocycles. The molecule has 0 radical (unpaired) electrons. The number of rotatable bonds is 7. The Morgan fingerprint density at radius 2 is 2.00 bits per heavy atom. The lowest BCUT2D eigenvalue weighted by atomic mass is 10.00. The van der Waals surface area contributed by atoms with Crippen molar-refractivity contribution in [2.24, 2.45) is 0 Å². The van der Waals surface area contributed by atoms with E-state index < -0.39 is 0 Å². The highest BCUT2D eigenvalue weighted by molar-refractivity contribution is 7.99. The summed E-state index contributed by atoms with van der Waals surface area (Å²) < 4.78 is 5.45. The van der Waals surface area contributed by atoms with E-state index in [1.54, 1.807) is 7.11 Å². The summed E-state index contributed by atoms with van der Waals surface area (Å²) in [5, 5.41) is 3.59. The molecule has 1 fully saturated rings. The fourth-order valence-corrected chi connectivity index (χ4v) is 3.17. The van der Waals surface area contributed by atoms with Gasteiger partial charge in [-0.25, -0.2) is 0 Å². The molecule has 0 aromatic rings. The van der Waals surface area contributed by atoms with Crippen molar-refractivity contribution >= 4 is 11.8 Å². The number of hydrogen-bond donors (Lipinski definition) is 1. The standard InChI is InChI=1S/C13H28N2OS/c1-12(11-13(2,3)16-4)14-5-6-15-7-9-17-10-8-15/h12,14H,5-11H2,1-4H3. The monoisotopic (exact) mass is 260 g/mol. The van der Waals surface area contributed by atoms with Crippen LogP contribution in [0.2, 0.25) is 0 Å². The molecule has 0 aromatic carbocycles. The Bertz CT molecular complexity index is 206. The zero-order valence-corrected chi connectivity index (χ0v) is 12.6. The highest BCUT2D eigenvalue weighted by atomic mass is 32.2. The number of thioether (sulfide) groups is 1. The number of ether oxygens (including phenoxy) is 1. The molecule has 0 aromatic heterocycles. The van der Waals surface area contributed by atoms with E-state index in [4.69, 9.17) is 4.74 Å². The summed E-state index contributed by atoms with van der Waals surface area (Å²) in [4.78, 5) is 2.55. The lowest BCUT2D eigenvalue weighted by molar-refractivity contribution is 0.00847. The molecular formula is C13H28N2OS. The molecule has 1 N–H and O–H groups in total. The maximum Gasteiger partial charge on any atom is 0.0637 e. The molecule has 1 saturated heterocycles. The van der Waals surface area contributed by atoms with Gasteiger partial charge in [-0.1, -0.05) is 0 Å². The maximum atomic E-state index is 5.45. The first kappa shape index (κ1) is 15.3. The molecule has 0 bridgehead atoms. The van der Waals surface area contributed by atoms with Gasteiger partial charge in [0.15, 0.2) is 0 Å². The van der Waals surface area contributed by atoms with Gasteiger partial charge in [0.1, 0.15) is 0 Å². The molecule has 4 heteroatoms. The van der Waals surface area contributed by atoms with Gasteiger partial charge in [-0.2, -0.15) is 11.8 Å². The van der Waals surface area contributed by atoms with E-state index in [2.05, 4.69) is 42.7 Å². The first-order valence-electron chi connectivity index (χ1n) is 6.62. The van der Waals surface area contributed by atoms with Crippen LogP contribution in [-0.2, 0) is 4.74 Å². The van der Waals surface area contributed by atoms with Gasteiger partial charge < -0.3 is 15.0 Å². The van der Waals surface area contributed by atoms with Crippen LogP contribution in [0.3, 0.4) is 0 Å². The number of hydrogen-bond acceptors (Lipinski definition) is 4. The lowest BCUT2D eigenvalue weighted by Crippen LogP contribution is -2.42. The number of nitrogens with zero attached hydrogens (tertiary/aromatic N) is 1. The summed E-state index contributed by atoms with van der Waals surface area (Å²) >= 11 is 2.07. The minimum atomic E-state index is -0.0197. The summed E-state index contributed by atoms with van der Waals surface area (Å²) in [7, 11) is 1.79.